The fraction of sp³-hybridized carbons (Fsp3) is 0. The Morgan fingerprint density at radius 3 is 2.50 bits per heavy atom. The van der Waals surface area contributed by atoms with Crippen LogP contribution in [0.4, 0.5) is 0 Å². The Hall–Kier alpha value is -0.486. The van der Waals surface area contributed by atoms with Crippen LogP contribution in [0.3, 0.4) is 0 Å². The van der Waals surface area contributed by atoms with Gasteiger partial charge in [0, 0.05) is 11.5 Å². The Kier molecular flexibility index (Phi) is 1.54. The van der Waals surface area contributed by atoms with Gasteiger partial charge in [0.05, 0.1) is 25.9 Å². The van der Waals surface area contributed by atoms with Gasteiger partial charge in [-0.25, -0.2) is 4.98 Å². The van der Waals surface area contributed by atoms with Crippen molar-refractivity contribution in [2.75, 3.05) is 0 Å². The standard InChI is InChI=1S/C4H8N2Si2/c7-3-1-2-5-4(8)6-3/h1-2H,7-8H3. The van der Waals surface area contributed by atoms with E-state index in [2.05, 4.69) is 9.97 Å². The van der Waals surface area contributed by atoms with Crippen LogP contribution in [0, 0.1) is 0 Å². The number of nitrogens with zero attached hydrogens (tertiary/aromatic N) is 2. The molecule has 0 unspecified atom stereocenters. The summed E-state index contributed by atoms with van der Waals surface area (Å²) in [5, 5.41) is 1.20. The lowest BCUT2D eigenvalue weighted by Crippen LogP contribution is -2.22. The lowest BCUT2D eigenvalue weighted by molar-refractivity contribution is 1.27. The van der Waals surface area contributed by atoms with Crippen LogP contribution >= 0.6 is 0 Å². The average molecular weight is 140 g/mol. The second kappa shape index (κ2) is 2.19. The van der Waals surface area contributed by atoms with Gasteiger partial charge in [-0.1, -0.05) is 0 Å². The van der Waals surface area contributed by atoms with Crippen LogP contribution in [-0.4, -0.2) is 30.5 Å². The molecule has 0 radical (unpaired) electrons. The van der Waals surface area contributed by atoms with Crippen LogP contribution in [0.15, 0.2) is 12.3 Å². The summed E-state index contributed by atoms with van der Waals surface area (Å²) in [5.41, 5.74) is 1.01. The maximum Gasteiger partial charge on any atom is 0.0949 e. The molecule has 0 N–H and O–H groups in total. The predicted octanol–water partition coefficient (Wildman–Crippen LogP) is -3.54. The van der Waals surface area contributed by atoms with Crippen LogP contribution in [0.1, 0.15) is 0 Å². The maximum atomic E-state index is 4.19. The van der Waals surface area contributed by atoms with E-state index in [0.29, 0.717) is 0 Å². The number of hydrogen-bond acceptors (Lipinski definition) is 2. The second-order valence-electron chi connectivity index (χ2n) is 1.75. The zero-order valence-electron chi connectivity index (χ0n) is 5.05. The summed E-state index contributed by atoms with van der Waals surface area (Å²) in [6, 6.07) is 1.97. The summed E-state index contributed by atoms with van der Waals surface area (Å²) in [7, 11) is 2.02. The maximum absolute atomic E-state index is 4.19. The first-order valence-electron chi connectivity index (χ1n) is 2.55. The van der Waals surface area contributed by atoms with Crippen molar-refractivity contribution in [1.82, 2.24) is 9.97 Å². The second-order valence-corrected chi connectivity index (χ2v) is 3.66. The van der Waals surface area contributed by atoms with E-state index in [9.17, 15) is 0 Å². The lowest BCUT2D eigenvalue weighted by atomic mass is 10.7. The van der Waals surface area contributed by atoms with Crippen molar-refractivity contribution in [1.29, 1.82) is 0 Å². The Labute approximate surface area is 54.2 Å². The van der Waals surface area contributed by atoms with Crippen molar-refractivity contribution < 1.29 is 0 Å². The molecular weight excluding hydrogens is 132 g/mol. The quantitative estimate of drug-likeness (QED) is 0.349. The Balaban J connectivity index is 3.08. The van der Waals surface area contributed by atoms with Gasteiger partial charge in [0.15, 0.2) is 0 Å². The van der Waals surface area contributed by atoms with Crippen molar-refractivity contribution >= 4 is 31.2 Å². The number of aromatic nitrogens is 2. The molecule has 0 spiro atoms. The highest BCUT2D eigenvalue weighted by Crippen LogP contribution is 1.60. The van der Waals surface area contributed by atoms with Crippen molar-refractivity contribution in [3.8, 4) is 0 Å². The van der Waals surface area contributed by atoms with E-state index in [0.717, 1.165) is 25.9 Å². The molecule has 8 heavy (non-hydrogen) atoms. The van der Waals surface area contributed by atoms with Gasteiger partial charge >= 0.3 is 0 Å². The van der Waals surface area contributed by atoms with Crippen LogP contribution in [0.2, 0.25) is 0 Å². The highest BCUT2D eigenvalue weighted by Gasteiger charge is 1.83. The third-order valence-electron chi connectivity index (χ3n) is 0.915. The molecule has 2 nitrogen and oxygen atoms in total. The molecule has 0 saturated heterocycles. The molecule has 1 aromatic rings. The van der Waals surface area contributed by atoms with Crippen LogP contribution in [0.5, 0.6) is 0 Å². The fourth-order valence-corrected chi connectivity index (χ4v) is 2.00. The van der Waals surface area contributed by atoms with Gasteiger partial charge in [-0.3, -0.25) is 4.98 Å². The lowest BCUT2D eigenvalue weighted by Gasteiger charge is -1.89. The van der Waals surface area contributed by atoms with Crippen LogP contribution in [-0.2, 0) is 0 Å². The molecule has 0 aliphatic heterocycles. The van der Waals surface area contributed by atoms with E-state index in [1.807, 2.05) is 12.3 Å². The molecule has 0 aliphatic rings. The minimum atomic E-state index is 0.972. The summed E-state index contributed by atoms with van der Waals surface area (Å²) in [6.45, 7) is 0. The van der Waals surface area contributed by atoms with Gasteiger partial charge in [0.1, 0.15) is 0 Å². The summed E-state index contributed by atoms with van der Waals surface area (Å²) >= 11 is 0. The highest BCUT2D eigenvalue weighted by molar-refractivity contribution is 6.33. The van der Waals surface area contributed by atoms with Gasteiger partial charge < -0.3 is 0 Å². The van der Waals surface area contributed by atoms with Crippen molar-refractivity contribution in [2.24, 2.45) is 0 Å². The molecule has 0 saturated carbocycles. The Bertz CT molecular complexity index is 172. The molecule has 0 aliphatic carbocycles. The topological polar surface area (TPSA) is 25.8 Å². The first-order valence-corrected chi connectivity index (χ1v) is 4.55. The minimum Gasteiger partial charge on any atom is -0.250 e. The van der Waals surface area contributed by atoms with Gasteiger partial charge in [-0.15, -0.1) is 0 Å². The molecule has 0 atom stereocenters. The predicted molar refractivity (Wildman–Crippen MR) is 41.2 cm³/mol. The van der Waals surface area contributed by atoms with Gasteiger partial charge in [-0.2, -0.15) is 0 Å². The summed E-state index contributed by atoms with van der Waals surface area (Å²) in [4.78, 5) is 8.20. The zero-order chi connectivity index (χ0) is 5.98. The molecule has 4 heteroatoms. The van der Waals surface area contributed by atoms with Gasteiger partial charge in [0.2, 0.25) is 0 Å². The third kappa shape index (κ3) is 1.24. The molecule has 1 aromatic heterocycles. The molecule has 0 fully saturated rings. The average Bonchev–Trinajstić information content (AvgIpc) is 1.64. The normalized spacial score (nSPS) is 10.0. The van der Waals surface area contributed by atoms with Crippen molar-refractivity contribution in [2.45, 2.75) is 0 Å². The minimum absolute atomic E-state index is 0.972. The summed E-state index contributed by atoms with van der Waals surface area (Å²) in [6.07, 6.45) is 1.83. The molecule has 0 aromatic carbocycles. The van der Waals surface area contributed by atoms with E-state index in [-0.39, 0.29) is 0 Å². The summed E-state index contributed by atoms with van der Waals surface area (Å²) < 4.78 is 0. The molecule has 1 rings (SSSR count). The van der Waals surface area contributed by atoms with Crippen LogP contribution in [0.25, 0.3) is 0 Å². The Morgan fingerprint density at radius 2 is 2.12 bits per heavy atom. The van der Waals surface area contributed by atoms with E-state index in [1.165, 1.54) is 5.32 Å². The Morgan fingerprint density at radius 1 is 1.38 bits per heavy atom. The third-order valence-corrected chi connectivity index (χ3v) is 1.95. The SMILES string of the molecule is [SiH3]c1ccnc([SiH3])n1. The molecule has 42 valence electrons. The fourth-order valence-electron chi connectivity index (χ4n) is 0.574. The molecule has 0 bridgehead atoms. The smallest absolute Gasteiger partial charge is 0.0949 e. The number of hydrogen-bond donors (Lipinski definition) is 0. The van der Waals surface area contributed by atoms with E-state index >= 15 is 0 Å². The first kappa shape index (κ1) is 5.65. The first-order chi connectivity index (χ1) is 3.79. The van der Waals surface area contributed by atoms with Crippen LogP contribution < -0.4 is 10.8 Å². The number of rotatable bonds is 0. The summed E-state index contributed by atoms with van der Waals surface area (Å²) in [5.74, 6) is 0. The monoisotopic (exact) mass is 140 g/mol. The largest absolute Gasteiger partial charge is 0.250 e. The van der Waals surface area contributed by atoms with Crippen molar-refractivity contribution in [3.05, 3.63) is 12.3 Å². The molecule has 1 heterocycles. The van der Waals surface area contributed by atoms with E-state index < -0.39 is 0 Å². The van der Waals surface area contributed by atoms with Crippen molar-refractivity contribution in [3.63, 3.8) is 0 Å². The highest BCUT2D eigenvalue weighted by atomic mass is 28.1. The zero-order valence-corrected chi connectivity index (χ0v) is 9.05. The van der Waals surface area contributed by atoms with Gasteiger partial charge in [0.25, 0.3) is 0 Å². The van der Waals surface area contributed by atoms with E-state index in [1.54, 1.807) is 0 Å². The van der Waals surface area contributed by atoms with E-state index in [4.69, 9.17) is 0 Å². The molecule has 0 amide bonds. The molecular formula is C4H8N2Si2. The van der Waals surface area contributed by atoms with Gasteiger partial charge in [-0.05, 0) is 6.07 Å².